The van der Waals surface area contributed by atoms with Crippen molar-refractivity contribution >= 4 is 16.6 Å². The van der Waals surface area contributed by atoms with Crippen LogP contribution in [0.25, 0.3) is 10.9 Å². The number of rotatable bonds is 1. The zero-order valence-corrected chi connectivity index (χ0v) is 6.66. The van der Waals surface area contributed by atoms with Crippen LogP contribution in [0, 0.1) is 11.8 Å². The first-order valence-electron chi connectivity index (χ1n) is 3.73. The number of aryl methyl sites for hydroxylation is 1. The number of nitrogens with one attached hydrogen (secondary N) is 1. The largest absolute Gasteiger partial charge is 0.359 e. The van der Waals surface area contributed by atoms with Crippen molar-refractivity contribution in [3.05, 3.63) is 34.9 Å². The fourth-order valence-corrected chi connectivity index (χ4v) is 1.36. The third-order valence-corrected chi connectivity index (χ3v) is 2.02. The van der Waals surface area contributed by atoms with Crippen LogP contribution >= 0.6 is 0 Å². The van der Waals surface area contributed by atoms with Gasteiger partial charge in [0, 0.05) is 11.6 Å². The van der Waals surface area contributed by atoms with Crippen LogP contribution in [0.1, 0.15) is 5.56 Å². The second kappa shape index (κ2) is 2.44. The van der Waals surface area contributed by atoms with Crippen LogP contribution in [-0.4, -0.2) is 4.98 Å². The first-order valence-corrected chi connectivity index (χ1v) is 3.73. The van der Waals surface area contributed by atoms with Crippen molar-refractivity contribution in [2.75, 3.05) is 0 Å². The van der Waals surface area contributed by atoms with Gasteiger partial charge in [0.05, 0.1) is 5.52 Å². The Morgan fingerprint density at radius 3 is 2.92 bits per heavy atom. The van der Waals surface area contributed by atoms with Gasteiger partial charge in [-0.2, -0.15) is 0 Å². The minimum atomic E-state index is 0.473. The second-order valence-electron chi connectivity index (χ2n) is 2.76. The summed E-state index contributed by atoms with van der Waals surface area (Å²) in [4.78, 5) is 13.3. The van der Waals surface area contributed by atoms with Crippen LogP contribution in [0.2, 0.25) is 0 Å². The molecule has 0 spiro atoms. The molecule has 0 saturated heterocycles. The van der Waals surface area contributed by atoms with Gasteiger partial charge < -0.3 is 4.98 Å². The van der Waals surface area contributed by atoms with Gasteiger partial charge in [0.2, 0.25) is 0 Å². The van der Waals surface area contributed by atoms with Crippen molar-refractivity contribution in [3.8, 4) is 0 Å². The summed E-state index contributed by atoms with van der Waals surface area (Å²) in [6.07, 6.45) is 1.81. The summed E-state index contributed by atoms with van der Waals surface area (Å²) in [5, 5.41) is 3.99. The molecule has 0 amide bonds. The zero-order chi connectivity index (χ0) is 8.55. The maximum absolute atomic E-state index is 10.4. The van der Waals surface area contributed by atoms with Gasteiger partial charge in [-0.25, -0.2) is 0 Å². The van der Waals surface area contributed by atoms with Gasteiger partial charge in [0.1, 0.15) is 5.69 Å². The third kappa shape index (κ3) is 0.830. The Kier molecular flexibility index (Phi) is 1.43. The summed E-state index contributed by atoms with van der Waals surface area (Å²) >= 11 is 0. The molecule has 0 aliphatic carbocycles. The summed E-state index contributed by atoms with van der Waals surface area (Å²) in [6.45, 7) is 2.00. The average molecular weight is 160 g/mol. The molecule has 0 radical (unpaired) electrons. The van der Waals surface area contributed by atoms with Crippen molar-refractivity contribution in [3.63, 3.8) is 0 Å². The van der Waals surface area contributed by atoms with Crippen LogP contribution in [0.4, 0.5) is 5.69 Å². The van der Waals surface area contributed by atoms with Crippen LogP contribution in [0.5, 0.6) is 0 Å². The van der Waals surface area contributed by atoms with E-state index in [1.165, 1.54) is 0 Å². The van der Waals surface area contributed by atoms with Crippen molar-refractivity contribution in [1.82, 2.24) is 4.98 Å². The fourth-order valence-electron chi connectivity index (χ4n) is 1.36. The molecule has 0 saturated carbocycles. The lowest BCUT2D eigenvalue weighted by Crippen LogP contribution is -1.74. The smallest absolute Gasteiger partial charge is 0.132 e. The van der Waals surface area contributed by atoms with Crippen molar-refractivity contribution in [1.29, 1.82) is 0 Å². The standard InChI is InChI=1S/C9H8N2O/c1-6-2-3-8(11-12)9-7(6)4-5-10-9/h2-5,10H,1H3. The maximum atomic E-state index is 10.4. The molecule has 0 fully saturated rings. The van der Waals surface area contributed by atoms with E-state index < -0.39 is 0 Å². The van der Waals surface area contributed by atoms with Crippen LogP contribution in [0.3, 0.4) is 0 Å². The number of nitrogens with zero attached hydrogens (tertiary/aromatic N) is 1. The lowest BCUT2D eigenvalue weighted by Gasteiger charge is -1.96. The Morgan fingerprint density at radius 1 is 1.33 bits per heavy atom. The van der Waals surface area contributed by atoms with E-state index in [2.05, 4.69) is 10.2 Å². The fraction of sp³-hybridized carbons (Fsp3) is 0.111. The SMILES string of the molecule is Cc1ccc(N=O)c2[nH]ccc12. The maximum Gasteiger partial charge on any atom is 0.132 e. The molecule has 0 atom stereocenters. The molecule has 60 valence electrons. The van der Waals surface area contributed by atoms with Gasteiger partial charge in [0.25, 0.3) is 0 Å². The summed E-state index contributed by atoms with van der Waals surface area (Å²) < 4.78 is 0. The molecule has 2 aromatic rings. The summed E-state index contributed by atoms with van der Waals surface area (Å²) in [7, 11) is 0. The van der Waals surface area contributed by atoms with Gasteiger partial charge in [-0.3, -0.25) is 0 Å². The number of nitroso groups, excluding NO2 is 1. The second-order valence-corrected chi connectivity index (χ2v) is 2.76. The highest BCUT2D eigenvalue weighted by Gasteiger charge is 2.03. The highest BCUT2D eigenvalue weighted by atomic mass is 16.3. The Bertz CT molecular complexity index is 431. The Balaban J connectivity index is 2.91. The number of aromatic amines is 1. The first kappa shape index (κ1) is 7.03. The van der Waals surface area contributed by atoms with E-state index >= 15 is 0 Å². The average Bonchev–Trinajstić information content (AvgIpc) is 2.54. The number of benzene rings is 1. The van der Waals surface area contributed by atoms with E-state index in [1.54, 1.807) is 6.07 Å². The predicted molar refractivity (Wildman–Crippen MR) is 48.5 cm³/mol. The molecule has 3 heteroatoms. The van der Waals surface area contributed by atoms with Gasteiger partial charge in [0.15, 0.2) is 0 Å². The van der Waals surface area contributed by atoms with Gasteiger partial charge >= 0.3 is 0 Å². The van der Waals surface area contributed by atoms with E-state index in [1.807, 2.05) is 25.3 Å². The Hall–Kier alpha value is -1.64. The normalized spacial score (nSPS) is 10.4. The van der Waals surface area contributed by atoms with E-state index in [9.17, 15) is 4.91 Å². The molecular formula is C9H8N2O. The quantitative estimate of drug-likeness (QED) is 0.640. The van der Waals surface area contributed by atoms with E-state index in [4.69, 9.17) is 0 Å². The molecule has 1 aromatic heterocycles. The Labute approximate surface area is 69.4 Å². The monoisotopic (exact) mass is 160 g/mol. The molecule has 1 N–H and O–H groups in total. The van der Waals surface area contributed by atoms with Gasteiger partial charge in [-0.1, -0.05) is 6.07 Å². The van der Waals surface area contributed by atoms with Crippen LogP contribution in [-0.2, 0) is 0 Å². The summed E-state index contributed by atoms with van der Waals surface area (Å²) in [6, 6.07) is 5.56. The highest BCUT2D eigenvalue weighted by molar-refractivity contribution is 5.91. The van der Waals surface area contributed by atoms with Crippen molar-refractivity contribution in [2.24, 2.45) is 5.18 Å². The van der Waals surface area contributed by atoms with Crippen molar-refractivity contribution < 1.29 is 0 Å². The molecule has 1 heterocycles. The minimum Gasteiger partial charge on any atom is -0.359 e. The zero-order valence-electron chi connectivity index (χ0n) is 6.66. The van der Waals surface area contributed by atoms with Gasteiger partial charge in [-0.15, -0.1) is 4.91 Å². The molecule has 2 rings (SSSR count). The molecular weight excluding hydrogens is 152 g/mol. The molecule has 3 nitrogen and oxygen atoms in total. The molecule has 0 aliphatic rings. The number of hydrogen-bond acceptors (Lipinski definition) is 2. The molecule has 1 aromatic carbocycles. The third-order valence-electron chi connectivity index (χ3n) is 2.02. The summed E-state index contributed by atoms with van der Waals surface area (Å²) in [5.74, 6) is 0. The molecule has 0 bridgehead atoms. The minimum absolute atomic E-state index is 0.473. The van der Waals surface area contributed by atoms with Crippen molar-refractivity contribution in [2.45, 2.75) is 6.92 Å². The van der Waals surface area contributed by atoms with E-state index in [-0.39, 0.29) is 0 Å². The van der Waals surface area contributed by atoms with E-state index in [0.29, 0.717) is 5.69 Å². The molecule has 0 unspecified atom stereocenters. The van der Waals surface area contributed by atoms with Gasteiger partial charge in [-0.05, 0) is 29.8 Å². The van der Waals surface area contributed by atoms with Crippen LogP contribution < -0.4 is 0 Å². The number of hydrogen-bond donors (Lipinski definition) is 1. The summed E-state index contributed by atoms with van der Waals surface area (Å²) in [5.41, 5.74) is 2.45. The number of H-pyrrole nitrogens is 1. The molecule has 0 aliphatic heterocycles. The predicted octanol–water partition coefficient (Wildman–Crippen LogP) is 2.87. The molecule has 12 heavy (non-hydrogen) atoms. The number of aromatic nitrogens is 1. The topological polar surface area (TPSA) is 45.2 Å². The first-order chi connectivity index (χ1) is 5.83. The lowest BCUT2D eigenvalue weighted by molar-refractivity contribution is 1.42. The van der Waals surface area contributed by atoms with E-state index in [0.717, 1.165) is 16.5 Å². The number of fused-ring (bicyclic) bond motifs is 1. The lowest BCUT2D eigenvalue weighted by atomic mass is 10.1. The Morgan fingerprint density at radius 2 is 2.17 bits per heavy atom. The highest BCUT2D eigenvalue weighted by Crippen LogP contribution is 2.26. The van der Waals surface area contributed by atoms with Crippen LogP contribution in [0.15, 0.2) is 29.6 Å².